The van der Waals surface area contributed by atoms with Crippen LogP contribution in [0.15, 0.2) is 6.07 Å². The van der Waals surface area contributed by atoms with E-state index in [9.17, 15) is 13.6 Å². The molecule has 112 valence electrons. The first kappa shape index (κ1) is 16.5. The number of halogens is 2. The van der Waals surface area contributed by atoms with Gasteiger partial charge < -0.3 is 4.74 Å². The van der Waals surface area contributed by atoms with Gasteiger partial charge in [0.25, 0.3) is 6.43 Å². The maximum Gasteiger partial charge on any atom is 0.310 e. The number of aromatic nitrogens is 1. The molecule has 1 heterocycles. The number of hydrogen-bond donors (Lipinski definition) is 0. The zero-order chi connectivity index (χ0) is 15.4. The molecule has 1 aromatic heterocycles. The zero-order valence-corrected chi connectivity index (χ0v) is 12.5. The molecule has 20 heavy (non-hydrogen) atoms. The van der Waals surface area contributed by atoms with Crippen LogP contribution >= 0.6 is 0 Å². The Balaban J connectivity index is 3.46. The first-order valence-corrected chi connectivity index (χ1v) is 6.66. The molecule has 1 aromatic rings. The lowest BCUT2D eigenvalue weighted by Crippen LogP contribution is -2.14. The van der Waals surface area contributed by atoms with Crippen molar-refractivity contribution in [3.63, 3.8) is 0 Å². The Bertz CT molecular complexity index is 456. The summed E-state index contributed by atoms with van der Waals surface area (Å²) in [5, 5.41) is 0. The van der Waals surface area contributed by atoms with Crippen molar-refractivity contribution >= 4 is 5.97 Å². The van der Waals surface area contributed by atoms with E-state index in [0.717, 1.165) is 5.56 Å². The quantitative estimate of drug-likeness (QED) is 0.768. The third-order valence-electron chi connectivity index (χ3n) is 3.15. The number of carbonyl (C=O) groups excluding carboxylic acids is 1. The second-order valence-electron chi connectivity index (χ2n) is 5.36. The van der Waals surface area contributed by atoms with E-state index in [4.69, 9.17) is 0 Å². The number of carbonyl (C=O) groups is 1. The van der Waals surface area contributed by atoms with Crippen molar-refractivity contribution in [3.8, 4) is 0 Å². The van der Waals surface area contributed by atoms with Crippen LogP contribution in [0.1, 0.15) is 68.5 Å². The molecule has 1 rings (SSSR count). The number of rotatable bonds is 5. The molecule has 0 aliphatic carbocycles. The molecule has 0 unspecified atom stereocenters. The summed E-state index contributed by atoms with van der Waals surface area (Å²) in [6, 6.07) is 1.40. The Hall–Kier alpha value is -1.52. The van der Waals surface area contributed by atoms with Crippen molar-refractivity contribution in [1.29, 1.82) is 0 Å². The van der Waals surface area contributed by atoms with Gasteiger partial charge in [-0.2, -0.15) is 0 Å². The van der Waals surface area contributed by atoms with Crippen LogP contribution in [0.2, 0.25) is 0 Å². The van der Waals surface area contributed by atoms with Crippen LogP contribution in [0.4, 0.5) is 8.78 Å². The highest BCUT2D eigenvalue weighted by Gasteiger charge is 2.22. The predicted octanol–water partition coefficient (Wildman–Crippen LogP) is 3.98. The van der Waals surface area contributed by atoms with Gasteiger partial charge in [0.15, 0.2) is 0 Å². The maximum absolute atomic E-state index is 13.0. The minimum Gasteiger partial charge on any atom is -0.469 e. The van der Waals surface area contributed by atoms with E-state index in [1.54, 1.807) is 0 Å². The van der Waals surface area contributed by atoms with Crippen LogP contribution in [-0.2, 0) is 16.0 Å². The number of methoxy groups -OCH3 is 1. The summed E-state index contributed by atoms with van der Waals surface area (Å²) in [6.07, 6.45) is -2.55. The van der Waals surface area contributed by atoms with E-state index < -0.39 is 6.43 Å². The molecule has 0 saturated heterocycles. The van der Waals surface area contributed by atoms with E-state index in [1.807, 2.05) is 27.7 Å². The number of ether oxygens (including phenoxy) is 1. The lowest BCUT2D eigenvalue weighted by molar-refractivity contribution is -0.139. The van der Waals surface area contributed by atoms with E-state index in [1.165, 1.54) is 13.2 Å². The van der Waals surface area contributed by atoms with Gasteiger partial charge in [-0.05, 0) is 29.0 Å². The highest BCUT2D eigenvalue weighted by molar-refractivity contribution is 5.73. The normalized spacial score (nSPS) is 11.5. The smallest absolute Gasteiger partial charge is 0.310 e. The molecule has 0 radical (unpaired) electrons. The maximum atomic E-state index is 13.0. The molecular weight excluding hydrogens is 264 g/mol. The number of nitrogens with zero attached hydrogens (tertiary/aromatic N) is 1. The average Bonchev–Trinajstić information content (AvgIpc) is 2.37. The molecule has 0 fully saturated rings. The Labute approximate surface area is 118 Å². The fraction of sp³-hybridized carbons (Fsp3) is 0.600. The third kappa shape index (κ3) is 3.74. The molecule has 0 aliphatic heterocycles. The van der Waals surface area contributed by atoms with Crippen molar-refractivity contribution in [1.82, 2.24) is 4.98 Å². The minimum atomic E-state index is -2.61. The van der Waals surface area contributed by atoms with Gasteiger partial charge >= 0.3 is 5.97 Å². The lowest BCUT2D eigenvalue weighted by atomic mass is 9.90. The molecule has 0 N–H and O–H groups in total. The summed E-state index contributed by atoms with van der Waals surface area (Å²) < 4.78 is 30.6. The molecule has 0 saturated carbocycles. The monoisotopic (exact) mass is 285 g/mol. The summed E-state index contributed by atoms with van der Waals surface area (Å²) in [6.45, 7) is 7.58. The van der Waals surface area contributed by atoms with Gasteiger partial charge in [-0.3, -0.25) is 9.78 Å². The summed E-state index contributed by atoms with van der Waals surface area (Å²) in [5.74, 6) is -0.390. The van der Waals surface area contributed by atoms with Crippen LogP contribution in [0.5, 0.6) is 0 Å². The van der Waals surface area contributed by atoms with Crippen LogP contribution in [-0.4, -0.2) is 18.1 Å². The van der Waals surface area contributed by atoms with E-state index in [2.05, 4.69) is 9.72 Å². The molecule has 0 spiro atoms. The van der Waals surface area contributed by atoms with Gasteiger partial charge in [0.05, 0.1) is 13.5 Å². The fourth-order valence-electron chi connectivity index (χ4n) is 2.15. The third-order valence-corrected chi connectivity index (χ3v) is 3.15. The first-order chi connectivity index (χ1) is 9.27. The predicted molar refractivity (Wildman–Crippen MR) is 73.1 cm³/mol. The number of pyridine rings is 1. The van der Waals surface area contributed by atoms with Crippen molar-refractivity contribution in [2.24, 2.45) is 0 Å². The SMILES string of the molecule is COC(=O)Cc1c(C(C)C)cc(C(F)F)nc1C(C)C. The molecule has 0 aromatic carbocycles. The Morgan fingerprint density at radius 1 is 1.25 bits per heavy atom. The van der Waals surface area contributed by atoms with E-state index >= 15 is 0 Å². The second-order valence-corrected chi connectivity index (χ2v) is 5.36. The van der Waals surface area contributed by atoms with E-state index in [-0.39, 0.29) is 29.9 Å². The molecular formula is C15H21F2NO2. The van der Waals surface area contributed by atoms with Crippen molar-refractivity contribution in [2.45, 2.75) is 52.4 Å². The average molecular weight is 285 g/mol. The van der Waals surface area contributed by atoms with Gasteiger partial charge in [-0.1, -0.05) is 27.7 Å². The van der Waals surface area contributed by atoms with Crippen molar-refractivity contribution in [2.75, 3.05) is 7.11 Å². The Morgan fingerprint density at radius 3 is 2.25 bits per heavy atom. The van der Waals surface area contributed by atoms with Crippen LogP contribution in [0.3, 0.4) is 0 Å². The molecule has 0 atom stereocenters. The molecule has 5 heteroatoms. The highest BCUT2D eigenvalue weighted by Crippen LogP contribution is 2.31. The van der Waals surface area contributed by atoms with Gasteiger partial charge in [0.1, 0.15) is 5.69 Å². The van der Waals surface area contributed by atoms with Gasteiger partial charge in [0.2, 0.25) is 0 Å². The van der Waals surface area contributed by atoms with Crippen molar-refractivity contribution < 1.29 is 18.3 Å². The summed E-state index contributed by atoms with van der Waals surface area (Å²) >= 11 is 0. The fourth-order valence-corrected chi connectivity index (χ4v) is 2.15. The van der Waals surface area contributed by atoms with Crippen LogP contribution < -0.4 is 0 Å². The topological polar surface area (TPSA) is 39.2 Å². The van der Waals surface area contributed by atoms with Gasteiger partial charge in [0, 0.05) is 5.69 Å². The van der Waals surface area contributed by atoms with E-state index in [0.29, 0.717) is 11.3 Å². The summed E-state index contributed by atoms with van der Waals surface area (Å²) in [7, 11) is 1.31. The lowest BCUT2D eigenvalue weighted by Gasteiger charge is -2.19. The Kier molecular flexibility index (Phi) is 5.60. The summed E-state index contributed by atoms with van der Waals surface area (Å²) in [4.78, 5) is 15.6. The summed E-state index contributed by atoms with van der Waals surface area (Å²) in [5.41, 5.74) is 1.78. The highest BCUT2D eigenvalue weighted by atomic mass is 19.3. The first-order valence-electron chi connectivity index (χ1n) is 6.66. The largest absolute Gasteiger partial charge is 0.469 e. The Morgan fingerprint density at radius 2 is 1.85 bits per heavy atom. The molecule has 0 bridgehead atoms. The second kappa shape index (κ2) is 6.77. The van der Waals surface area contributed by atoms with Crippen LogP contribution in [0, 0.1) is 0 Å². The zero-order valence-electron chi connectivity index (χ0n) is 12.5. The van der Waals surface area contributed by atoms with Gasteiger partial charge in [-0.25, -0.2) is 8.78 Å². The minimum absolute atomic E-state index is 0.0349. The molecule has 3 nitrogen and oxygen atoms in total. The number of esters is 1. The van der Waals surface area contributed by atoms with Crippen molar-refractivity contribution in [3.05, 3.63) is 28.6 Å². The number of alkyl halides is 2. The van der Waals surface area contributed by atoms with Gasteiger partial charge in [-0.15, -0.1) is 0 Å². The van der Waals surface area contributed by atoms with Crippen LogP contribution in [0.25, 0.3) is 0 Å². The molecule has 0 amide bonds. The number of hydrogen-bond acceptors (Lipinski definition) is 3. The molecule has 0 aliphatic rings. The standard InChI is InChI=1S/C15H21F2NO2/c1-8(2)10-6-12(15(16)17)18-14(9(3)4)11(10)7-13(19)20-5/h6,8-9,15H,7H2,1-5H3.